The zero-order valence-electron chi connectivity index (χ0n) is 36.4. The summed E-state index contributed by atoms with van der Waals surface area (Å²) in [5.41, 5.74) is 2.10. The van der Waals surface area contributed by atoms with Crippen LogP contribution in [0, 0.1) is 0 Å². The maximum absolute atomic E-state index is 12.1. The Balaban J connectivity index is 1.74. The second-order valence-electron chi connectivity index (χ2n) is 18.6. The van der Waals surface area contributed by atoms with E-state index in [1.54, 1.807) is 60.7 Å². The van der Waals surface area contributed by atoms with Crippen LogP contribution in [0.1, 0.15) is 160 Å². The van der Waals surface area contributed by atoms with Crippen LogP contribution in [-0.2, 0) is 27.1 Å². The van der Waals surface area contributed by atoms with Crippen molar-refractivity contribution in [3.8, 4) is 0 Å². The minimum atomic E-state index is -1.06. The van der Waals surface area contributed by atoms with Gasteiger partial charge in [-0.05, 0) is 148 Å². The Morgan fingerprint density at radius 3 is 0.742 bits per heavy atom. The highest BCUT2D eigenvalue weighted by Gasteiger charge is 2.47. The van der Waals surface area contributed by atoms with Gasteiger partial charge in [0.25, 0.3) is 0 Å². The van der Waals surface area contributed by atoms with Gasteiger partial charge in [0, 0.05) is 0 Å². The molecule has 0 saturated carbocycles. The summed E-state index contributed by atoms with van der Waals surface area (Å²) in [4.78, 5) is 59.8. The van der Waals surface area contributed by atoms with Crippen molar-refractivity contribution in [2.24, 2.45) is 0 Å². The Hall–Kier alpha value is -6.55. The Kier molecular flexibility index (Phi) is 13.4. The minimum Gasteiger partial charge on any atom is -0.478 e. The molecule has 5 N–H and O–H groups in total. The molecule has 4 atom stereocenters. The maximum atomic E-state index is 12.1. The highest BCUT2D eigenvalue weighted by molar-refractivity contribution is 5.89. The van der Waals surface area contributed by atoms with E-state index in [1.165, 1.54) is 0 Å². The van der Waals surface area contributed by atoms with Crippen molar-refractivity contribution in [3.05, 3.63) is 177 Å². The third-order valence-corrected chi connectivity index (χ3v) is 13.2. The van der Waals surface area contributed by atoms with E-state index in [1.807, 2.05) is 60.7 Å². The van der Waals surface area contributed by atoms with E-state index in [0.29, 0.717) is 32.1 Å². The molecule has 5 aromatic carbocycles. The second-order valence-corrected chi connectivity index (χ2v) is 18.6. The van der Waals surface area contributed by atoms with Gasteiger partial charge in [-0.1, -0.05) is 109 Å². The smallest absolute Gasteiger partial charge is 0.335 e. The van der Waals surface area contributed by atoms with Gasteiger partial charge in [0.1, 0.15) is 0 Å². The average Bonchev–Trinajstić information content (AvgIpc) is 3.23. The molecule has 0 aromatic heterocycles. The lowest BCUT2D eigenvalue weighted by Crippen LogP contribution is -2.44. The van der Waals surface area contributed by atoms with Gasteiger partial charge < -0.3 is 25.5 Å². The second kappa shape index (κ2) is 17.8. The Bertz CT molecular complexity index is 2430. The molecule has 0 aliphatic heterocycles. The standard InChI is InChI=1S/C52H56O10/c1-8-49(4,39-21-11-34(12-22-39)44(55)56)30-51(6,41-25-15-36(16-26-41)46(59)60)32-52(7,42-27-17-37(18-28-42)47(61)62)31-50(5,40-23-13-35(14-24-40)45(57)58)29-48(2,3)38-19-9-33(10-20-38)43(53)54/h9-28H,8,29-32H2,1-7H3,(H,53,54)(H,55,56)(H,57,58)(H,59,60)(H,61,62). The molecule has 5 aromatic rings. The van der Waals surface area contributed by atoms with Crippen LogP contribution in [0.15, 0.2) is 121 Å². The van der Waals surface area contributed by atoms with Crippen molar-refractivity contribution in [1.82, 2.24) is 0 Å². The van der Waals surface area contributed by atoms with Crippen molar-refractivity contribution in [1.29, 1.82) is 0 Å². The van der Waals surface area contributed by atoms with Crippen LogP contribution in [-0.4, -0.2) is 55.4 Å². The summed E-state index contributed by atoms with van der Waals surface area (Å²) >= 11 is 0. The SMILES string of the molecule is CCC(C)(CC(C)(CC(C)(CC(C)(CC(C)(C)c1ccc(C(=O)O)cc1)c1ccc(C(=O)O)cc1)c1ccc(C(=O)O)cc1)c1ccc(C(=O)O)cc1)c1ccc(C(=O)O)cc1. The first kappa shape index (κ1) is 46.5. The van der Waals surface area contributed by atoms with E-state index in [0.717, 1.165) is 27.8 Å². The fourth-order valence-corrected chi connectivity index (χ4v) is 10.0. The summed E-state index contributed by atoms with van der Waals surface area (Å²) in [5.74, 6) is -5.22. The lowest BCUT2D eigenvalue weighted by molar-refractivity contribution is 0.0686. The van der Waals surface area contributed by atoms with Crippen molar-refractivity contribution < 1.29 is 49.5 Å². The van der Waals surface area contributed by atoms with E-state index in [4.69, 9.17) is 0 Å². The van der Waals surface area contributed by atoms with Crippen molar-refractivity contribution in [3.63, 3.8) is 0 Å². The lowest BCUT2D eigenvalue weighted by atomic mass is 9.54. The zero-order valence-corrected chi connectivity index (χ0v) is 36.4. The molecule has 0 radical (unpaired) electrons. The quantitative estimate of drug-likeness (QED) is 0.0535. The number of hydrogen-bond donors (Lipinski definition) is 5. The third kappa shape index (κ3) is 10.1. The van der Waals surface area contributed by atoms with Crippen LogP contribution in [0.25, 0.3) is 0 Å². The van der Waals surface area contributed by atoms with Gasteiger partial charge >= 0.3 is 29.8 Å². The van der Waals surface area contributed by atoms with Crippen molar-refractivity contribution >= 4 is 29.8 Å². The van der Waals surface area contributed by atoms with Crippen LogP contribution in [0.3, 0.4) is 0 Å². The molecule has 0 heterocycles. The molecule has 0 aliphatic carbocycles. The van der Waals surface area contributed by atoms with Gasteiger partial charge in [-0.15, -0.1) is 0 Å². The topological polar surface area (TPSA) is 186 Å². The van der Waals surface area contributed by atoms with E-state index in [9.17, 15) is 49.5 Å². The molecule has 0 saturated heterocycles. The summed E-state index contributed by atoms with van der Waals surface area (Å²) in [5, 5.41) is 48.9. The highest BCUT2D eigenvalue weighted by atomic mass is 16.4. The summed E-state index contributed by atoms with van der Waals surface area (Å²) in [6.07, 6.45) is 2.75. The fraction of sp³-hybridized carbons (Fsp3) is 0.327. The predicted molar refractivity (Wildman–Crippen MR) is 238 cm³/mol. The van der Waals surface area contributed by atoms with Crippen LogP contribution in [0.2, 0.25) is 0 Å². The molecule has 0 fully saturated rings. The van der Waals surface area contributed by atoms with Crippen LogP contribution >= 0.6 is 0 Å². The van der Waals surface area contributed by atoms with E-state index < -0.39 is 56.9 Å². The van der Waals surface area contributed by atoms with E-state index in [-0.39, 0.29) is 27.8 Å². The minimum absolute atomic E-state index is 0.129. The van der Waals surface area contributed by atoms with Gasteiger partial charge in [0.2, 0.25) is 0 Å². The molecule has 5 rings (SSSR count). The molecule has 10 heteroatoms. The lowest BCUT2D eigenvalue weighted by Gasteiger charge is -2.49. The molecule has 0 bridgehead atoms. The number of hydrogen-bond acceptors (Lipinski definition) is 5. The van der Waals surface area contributed by atoms with Crippen molar-refractivity contribution in [2.45, 2.75) is 108 Å². The van der Waals surface area contributed by atoms with Crippen LogP contribution < -0.4 is 0 Å². The first-order valence-electron chi connectivity index (χ1n) is 20.6. The number of aromatic carboxylic acids is 5. The predicted octanol–water partition coefficient (Wildman–Crippen LogP) is 11.3. The van der Waals surface area contributed by atoms with E-state index in [2.05, 4.69) is 48.5 Å². The molecule has 62 heavy (non-hydrogen) atoms. The first-order chi connectivity index (χ1) is 28.9. The summed E-state index contributed by atoms with van der Waals surface area (Å²) in [6, 6.07) is 34.5. The molecule has 10 nitrogen and oxygen atoms in total. The number of benzene rings is 5. The maximum Gasteiger partial charge on any atom is 0.335 e. The molecule has 0 spiro atoms. The zero-order chi connectivity index (χ0) is 45.8. The fourth-order valence-electron chi connectivity index (χ4n) is 10.0. The third-order valence-electron chi connectivity index (χ3n) is 13.2. The molecule has 0 amide bonds. The normalized spacial score (nSPS) is 15.5. The Morgan fingerprint density at radius 1 is 0.323 bits per heavy atom. The Morgan fingerprint density at radius 2 is 0.516 bits per heavy atom. The van der Waals surface area contributed by atoms with Gasteiger partial charge in [-0.25, -0.2) is 24.0 Å². The number of carboxylic acids is 5. The number of carbonyl (C=O) groups is 5. The number of rotatable bonds is 19. The average molecular weight is 841 g/mol. The van der Waals surface area contributed by atoms with Gasteiger partial charge in [0.15, 0.2) is 0 Å². The van der Waals surface area contributed by atoms with Crippen LogP contribution in [0.4, 0.5) is 0 Å². The molecule has 0 aliphatic rings. The van der Waals surface area contributed by atoms with Crippen molar-refractivity contribution in [2.75, 3.05) is 0 Å². The highest BCUT2D eigenvalue weighted by Crippen LogP contribution is 2.53. The number of carboxylic acid groups (broad SMARTS) is 5. The Labute approximate surface area is 362 Å². The van der Waals surface area contributed by atoms with Crippen LogP contribution in [0.5, 0.6) is 0 Å². The van der Waals surface area contributed by atoms with Gasteiger partial charge in [-0.2, -0.15) is 0 Å². The molecule has 4 unspecified atom stereocenters. The summed E-state index contributed by atoms with van der Waals surface area (Å²) in [7, 11) is 0. The first-order valence-corrected chi connectivity index (χ1v) is 20.6. The molecular formula is C52H56O10. The summed E-state index contributed by atoms with van der Waals surface area (Å²) in [6.45, 7) is 14.9. The van der Waals surface area contributed by atoms with Gasteiger partial charge in [0.05, 0.1) is 27.8 Å². The molecular weight excluding hydrogens is 785 g/mol. The molecule has 324 valence electrons. The van der Waals surface area contributed by atoms with Gasteiger partial charge in [-0.3, -0.25) is 0 Å². The monoisotopic (exact) mass is 840 g/mol. The largest absolute Gasteiger partial charge is 0.478 e. The summed E-state index contributed by atoms with van der Waals surface area (Å²) < 4.78 is 0. The van der Waals surface area contributed by atoms with E-state index >= 15 is 0 Å².